The molecule has 1 heterocycles. The lowest BCUT2D eigenvalue weighted by molar-refractivity contribution is -0.919. The number of carbonyl (C=O) groups is 1. The first-order chi connectivity index (χ1) is 13.3. The van der Waals surface area contributed by atoms with E-state index in [4.69, 9.17) is 0 Å². The van der Waals surface area contributed by atoms with Gasteiger partial charge in [-0.2, -0.15) is 13.2 Å². The van der Waals surface area contributed by atoms with Gasteiger partial charge in [-0.1, -0.05) is 45.2 Å². The number of rotatable bonds is 9. The van der Waals surface area contributed by atoms with Gasteiger partial charge in [0.1, 0.15) is 6.54 Å². The third kappa shape index (κ3) is 7.12. The first-order valence-corrected chi connectivity index (χ1v) is 10.6. The Hall–Kier alpha value is -1.56. The van der Waals surface area contributed by atoms with Gasteiger partial charge in [-0.3, -0.25) is 4.79 Å². The van der Waals surface area contributed by atoms with Gasteiger partial charge >= 0.3 is 6.18 Å². The monoisotopic (exact) mass is 399 g/mol. The van der Waals surface area contributed by atoms with Crippen molar-refractivity contribution in [1.29, 1.82) is 0 Å². The van der Waals surface area contributed by atoms with Crippen molar-refractivity contribution in [3.8, 4) is 0 Å². The molecule has 0 bridgehead atoms. The van der Waals surface area contributed by atoms with Crippen LogP contribution in [0.15, 0.2) is 24.3 Å². The summed E-state index contributed by atoms with van der Waals surface area (Å²) in [6.07, 6.45) is 2.05. The molecule has 2 rings (SSSR count). The Morgan fingerprint density at radius 3 is 2.36 bits per heavy atom. The molecular formula is C22H34F3N2O+. The molecule has 1 aliphatic rings. The molecule has 1 atom stereocenters. The number of unbranched alkanes of at least 4 members (excludes halogenated alkanes) is 1. The summed E-state index contributed by atoms with van der Waals surface area (Å²) in [4.78, 5) is 13.8. The fraction of sp³-hybridized carbons (Fsp3) is 0.682. The normalized spacial score (nSPS) is 21.3. The maximum atomic E-state index is 12.7. The van der Waals surface area contributed by atoms with Crippen molar-refractivity contribution in [1.82, 2.24) is 5.32 Å². The van der Waals surface area contributed by atoms with E-state index in [9.17, 15) is 18.0 Å². The van der Waals surface area contributed by atoms with E-state index in [2.05, 4.69) is 19.2 Å². The van der Waals surface area contributed by atoms with Gasteiger partial charge in [0.25, 0.3) is 0 Å². The smallest absolute Gasteiger partial charge is 0.356 e. The minimum atomic E-state index is -4.29. The minimum absolute atomic E-state index is 0.0695. The summed E-state index contributed by atoms with van der Waals surface area (Å²) in [7, 11) is 0. The number of alkyl halides is 3. The second kappa shape index (κ2) is 10.8. The molecule has 158 valence electrons. The van der Waals surface area contributed by atoms with E-state index in [0.717, 1.165) is 56.6 Å². The molecule has 0 spiro atoms. The number of hydrogen-bond acceptors (Lipinski definition) is 1. The number of carbonyl (C=O) groups excluding carboxylic acids is 1. The summed E-state index contributed by atoms with van der Waals surface area (Å²) in [5, 5.41) is 3.14. The van der Waals surface area contributed by atoms with E-state index in [-0.39, 0.29) is 11.8 Å². The molecule has 1 fully saturated rings. The van der Waals surface area contributed by atoms with Gasteiger partial charge in [0.15, 0.2) is 0 Å². The van der Waals surface area contributed by atoms with Crippen LogP contribution in [0, 0.1) is 11.8 Å². The second-order valence-electron chi connectivity index (χ2n) is 8.06. The number of likely N-dealkylation sites (tertiary alicyclic amines) is 1. The first kappa shape index (κ1) is 22.7. The van der Waals surface area contributed by atoms with Crippen LogP contribution in [0.25, 0.3) is 0 Å². The van der Waals surface area contributed by atoms with E-state index >= 15 is 0 Å². The zero-order valence-electron chi connectivity index (χ0n) is 17.1. The quantitative estimate of drug-likeness (QED) is 0.650. The maximum absolute atomic E-state index is 12.7. The van der Waals surface area contributed by atoms with Crippen molar-refractivity contribution in [2.24, 2.45) is 11.8 Å². The molecule has 0 saturated carbocycles. The maximum Gasteiger partial charge on any atom is 0.416 e. The highest BCUT2D eigenvalue weighted by Gasteiger charge is 2.31. The van der Waals surface area contributed by atoms with Crippen molar-refractivity contribution < 1.29 is 22.9 Å². The van der Waals surface area contributed by atoms with Crippen LogP contribution in [0.3, 0.4) is 0 Å². The predicted molar refractivity (Wildman–Crippen MR) is 105 cm³/mol. The number of piperidine rings is 1. The third-order valence-corrected chi connectivity index (χ3v) is 5.91. The van der Waals surface area contributed by atoms with Crippen molar-refractivity contribution in [2.75, 3.05) is 19.6 Å². The van der Waals surface area contributed by atoms with E-state index < -0.39 is 11.7 Å². The Bertz CT molecular complexity index is 593. The summed E-state index contributed by atoms with van der Waals surface area (Å²) < 4.78 is 38.0. The van der Waals surface area contributed by atoms with Gasteiger partial charge in [-0.25, -0.2) is 0 Å². The molecule has 2 N–H and O–H groups in total. The second-order valence-corrected chi connectivity index (χ2v) is 8.06. The molecule has 28 heavy (non-hydrogen) atoms. The summed E-state index contributed by atoms with van der Waals surface area (Å²) in [6.45, 7) is 7.61. The Labute approximate surface area is 166 Å². The predicted octanol–water partition coefficient (Wildman–Crippen LogP) is 3.83. The van der Waals surface area contributed by atoms with Gasteiger partial charge in [0, 0.05) is 30.9 Å². The van der Waals surface area contributed by atoms with Crippen LogP contribution >= 0.6 is 0 Å². The Morgan fingerprint density at radius 1 is 1.18 bits per heavy atom. The van der Waals surface area contributed by atoms with E-state index in [1.807, 2.05) is 0 Å². The van der Waals surface area contributed by atoms with Crippen LogP contribution < -0.4 is 10.2 Å². The molecule has 1 amide bonds. The lowest BCUT2D eigenvalue weighted by atomic mass is 9.94. The molecule has 6 heteroatoms. The lowest BCUT2D eigenvalue weighted by Crippen LogP contribution is -3.11. The number of quaternary nitrogens is 1. The van der Waals surface area contributed by atoms with Gasteiger partial charge in [0.2, 0.25) is 5.91 Å². The number of benzene rings is 1. The number of halogens is 3. The number of nitrogens with one attached hydrogen (secondary N) is 2. The molecular weight excluding hydrogens is 365 g/mol. The zero-order valence-corrected chi connectivity index (χ0v) is 17.1. The summed E-state index contributed by atoms with van der Waals surface area (Å²) in [5.74, 6) is 0.804. The zero-order chi connectivity index (χ0) is 20.6. The van der Waals surface area contributed by atoms with Crippen molar-refractivity contribution >= 4 is 5.91 Å². The topological polar surface area (TPSA) is 33.5 Å². The molecule has 0 radical (unpaired) electrons. The Morgan fingerprint density at radius 2 is 1.82 bits per heavy atom. The Balaban J connectivity index is 1.74. The van der Waals surface area contributed by atoms with Gasteiger partial charge in [-0.05, 0) is 24.5 Å². The standard InChI is InChI=1S/C22H33F3N2O/c1-3-5-6-17(4-2)15-26-21(28)19-11-13-27(14-12-19)16-18-7-9-20(10-8-18)22(23,24)25/h7-10,17,19H,3-6,11-16H2,1-2H3,(H,26,28)/p+1/t17-/m0/s1. The van der Waals surface area contributed by atoms with Gasteiger partial charge in [-0.15, -0.1) is 0 Å². The van der Waals surface area contributed by atoms with Crippen molar-refractivity contribution in [2.45, 2.75) is 65.1 Å². The van der Waals surface area contributed by atoms with Crippen LogP contribution in [0.4, 0.5) is 13.2 Å². The fourth-order valence-electron chi connectivity index (χ4n) is 3.90. The van der Waals surface area contributed by atoms with Crippen LogP contribution in [-0.4, -0.2) is 25.5 Å². The fourth-order valence-corrected chi connectivity index (χ4v) is 3.90. The summed E-state index contributed by atoms with van der Waals surface area (Å²) in [5.41, 5.74) is 0.304. The lowest BCUT2D eigenvalue weighted by Gasteiger charge is -2.29. The average Bonchev–Trinajstić information content (AvgIpc) is 2.68. The van der Waals surface area contributed by atoms with E-state index in [1.54, 1.807) is 12.1 Å². The first-order valence-electron chi connectivity index (χ1n) is 10.6. The Kier molecular flexibility index (Phi) is 8.80. The molecule has 3 nitrogen and oxygen atoms in total. The highest BCUT2D eigenvalue weighted by molar-refractivity contribution is 5.78. The highest BCUT2D eigenvalue weighted by atomic mass is 19.4. The average molecular weight is 400 g/mol. The summed E-state index contributed by atoms with van der Waals surface area (Å²) >= 11 is 0. The number of amides is 1. The molecule has 0 aromatic heterocycles. The minimum Gasteiger partial charge on any atom is -0.356 e. The van der Waals surface area contributed by atoms with Crippen molar-refractivity contribution in [3.63, 3.8) is 0 Å². The molecule has 1 aliphatic heterocycles. The van der Waals surface area contributed by atoms with Gasteiger partial charge in [0.05, 0.1) is 18.7 Å². The van der Waals surface area contributed by atoms with Crippen LogP contribution in [-0.2, 0) is 17.5 Å². The van der Waals surface area contributed by atoms with Crippen LogP contribution in [0.1, 0.15) is 63.5 Å². The number of hydrogen-bond donors (Lipinski definition) is 2. The van der Waals surface area contributed by atoms with E-state index in [0.29, 0.717) is 12.5 Å². The SMILES string of the molecule is CCCC[C@H](CC)CNC(=O)C1CC[NH+](Cc2ccc(C(F)(F)F)cc2)CC1. The molecule has 1 aromatic carbocycles. The van der Waals surface area contributed by atoms with Crippen LogP contribution in [0.2, 0.25) is 0 Å². The molecule has 0 aliphatic carbocycles. The van der Waals surface area contributed by atoms with Crippen molar-refractivity contribution in [3.05, 3.63) is 35.4 Å². The summed E-state index contributed by atoms with van der Waals surface area (Å²) in [6, 6.07) is 5.43. The largest absolute Gasteiger partial charge is 0.416 e. The van der Waals surface area contributed by atoms with Gasteiger partial charge < -0.3 is 10.2 Å². The molecule has 0 unspecified atom stereocenters. The highest BCUT2D eigenvalue weighted by Crippen LogP contribution is 2.29. The third-order valence-electron chi connectivity index (χ3n) is 5.91. The van der Waals surface area contributed by atoms with Crippen LogP contribution in [0.5, 0.6) is 0 Å². The van der Waals surface area contributed by atoms with E-state index in [1.165, 1.54) is 24.2 Å². The molecule has 1 aromatic rings. The molecule has 1 saturated heterocycles.